The highest BCUT2D eigenvalue weighted by Crippen LogP contribution is 2.48. The van der Waals surface area contributed by atoms with E-state index in [4.69, 9.17) is 4.74 Å². The molecule has 0 unspecified atom stereocenters. The Hall–Kier alpha value is -4.31. The molecule has 0 aromatic heterocycles. The Kier molecular flexibility index (Phi) is 5.87. The highest BCUT2D eigenvalue weighted by Gasteiger charge is 2.57. The van der Waals surface area contributed by atoms with E-state index in [1.54, 1.807) is 31.2 Å². The van der Waals surface area contributed by atoms with Gasteiger partial charge in [-0.25, -0.2) is 0 Å². The van der Waals surface area contributed by atoms with E-state index in [0.717, 1.165) is 11.1 Å². The van der Waals surface area contributed by atoms with Gasteiger partial charge in [-0.2, -0.15) is 0 Å². The second-order valence-electron chi connectivity index (χ2n) is 8.55. The summed E-state index contributed by atoms with van der Waals surface area (Å²) < 4.78 is 5.23. The molecule has 0 aliphatic heterocycles. The van der Waals surface area contributed by atoms with Gasteiger partial charge >= 0.3 is 5.97 Å². The van der Waals surface area contributed by atoms with Crippen molar-refractivity contribution in [2.24, 2.45) is 0 Å². The number of hydrogen-bond donors (Lipinski definition) is 0. The molecule has 35 heavy (non-hydrogen) atoms. The molecular formula is C31H24O4. The van der Waals surface area contributed by atoms with Crippen LogP contribution in [0.25, 0.3) is 22.3 Å². The number of carbonyl (C=O) groups is 3. The summed E-state index contributed by atoms with van der Waals surface area (Å²) >= 11 is 0. The van der Waals surface area contributed by atoms with Gasteiger partial charge in [0.1, 0.15) is 5.41 Å². The van der Waals surface area contributed by atoms with Crippen molar-refractivity contribution in [2.75, 3.05) is 6.61 Å². The lowest BCUT2D eigenvalue weighted by molar-refractivity contribution is -0.143. The number of rotatable bonds is 6. The topological polar surface area (TPSA) is 60.4 Å². The Balaban J connectivity index is 1.82. The zero-order chi connectivity index (χ0) is 24.4. The molecule has 4 aromatic rings. The normalized spacial score (nSPS) is 14.0. The Morgan fingerprint density at radius 1 is 0.657 bits per heavy atom. The molecule has 1 aliphatic carbocycles. The number of ether oxygens (including phenoxy) is 1. The van der Waals surface area contributed by atoms with E-state index in [-0.39, 0.29) is 24.6 Å². The lowest BCUT2D eigenvalue weighted by Gasteiger charge is -2.25. The van der Waals surface area contributed by atoms with Crippen molar-refractivity contribution in [2.45, 2.75) is 18.8 Å². The third-order valence-electron chi connectivity index (χ3n) is 6.59. The molecule has 172 valence electrons. The Morgan fingerprint density at radius 2 is 1.09 bits per heavy atom. The first kappa shape index (κ1) is 22.5. The molecule has 0 fully saturated rings. The molecule has 0 saturated carbocycles. The van der Waals surface area contributed by atoms with Crippen molar-refractivity contribution >= 4 is 17.5 Å². The monoisotopic (exact) mass is 460 g/mol. The maximum Gasteiger partial charge on any atom is 0.307 e. The smallest absolute Gasteiger partial charge is 0.307 e. The summed E-state index contributed by atoms with van der Waals surface area (Å²) in [5.41, 5.74) is 2.57. The molecule has 0 amide bonds. The van der Waals surface area contributed by atoms with Gasteiger partial charge in [-0.1, -0.05) is 103 Å². The average Bonchev–Trinajstić information content (AvgIpc) is 3.13. The van der Waals surface area contributed by atoms with Gasteiger partial charge in [0.2, 0.25) is 0 Å². The minimum Gasteiger partial charge on any atom is -0.466 e. The zero-order valence-electron chi connectivity index (χ0n) is 19.4. The molecule has 4 aromatic carbocycles. The van der Waals surface area contributed by atoms with Crippen LogP contribution in [0.15, 0.2) is 103 Å². The second-order valence-corrected chi connectivity index (χ2v) is 8.55. The van der Waals surface area contributed by atoms with Gasteiger partial charge in [0.25, 0.3) is 0 Å². The number of Topliss-reactive ketones (excluding diaryl/α,β-unsaturated/α-hetero) is 2. The van der Waals surface area contributed by atoms with Crippen LogP contribution >= 0.6 is 0 Å². The Morgan fingerprint density at radius 3 is 1.51 bits per heavy atom. The van der Waals surface area contributed by atoms with Crippen LogP contribution in [-0.2, 0) is 14.9 Å². The van der Waals surface area contributed by atoms with Crippen LogP contribution in [0.3, 0.4) is 0 Å². The lowest BCUT2D eigenvalue weighted by atomic mass is 9.73. The second kappa shape index (κ2) is 9.15. The van der Waals surface area contributed by atoms with Gasteiger partial charge in [-0.15, -0.1) is 0 Å². The minimum atomic E-state index is -1.68. The molecule has 0 bridgehead atoms. The quantitative estimate of drug-likeness (QED) is 0.251. The van der Waals surface area contributed by atoms with Crippen LogP contribution in [0.2, 0.25) is 0 Å². The summed E-state index contributed by atoms with van der Waals surface area (Å²) in [6, 6.07) is 31.8. The van der Waals surface area contributed by atoms with Gasteiger partial charge in [0.05, 0.1) is 13.0 Å². The van der Waals surface area contributed by atoms with E-state index < -0.39 is 11.4 Å². The van der Waals surface area contributed by atoms with E-state index in [1.165, 1.54) is 0 Å². The highest BCUT2D eigenvalue weighted by atomic mass is 16.5. The predicted octanol–water partition coefficient (Wildman–Crippen LogP) is 6.29. The van der Waals surface area contributed by atoms with Gasteiger partial charge in [-0.3, -0.25) is 14.4 Å². The van der Waals surface area contributed by atoms with Gasteiger partial charge in [0.15, 0.2) is 11.6 Å². The fourth-order valence-electron chi connectivity index (χ4n) is 5.00. The number of benzene rings is 4. The number of ketones is 2. The van der Waals surface area contributed by atoms with Crippen molar-refractivity contribution in [3.8, 4) is 22.3 Å². The van der Waals surface area contributed by atoms with Crippen LogP contribution in [0, 0.1) is 0 Å². The average molecular weight is 461 g/mol. The fraction of sp³-hybridized carbons (Fsp3) is 0.129. The number of hydrogen-bond acceptors (Lipinski definition) is 4. The van der Waals surface area contributed by atoms with Crippen LogP contribution < -0.4 is 0 Å². The van der Waals surface area contributed by atoms with Crippen LogP contribution in [0.1, 0.15) is 39.6 Å². The standard InChI is InChI=1S/C31H24O4/c1-2-35-26(32)20-31(23-16-10-5-11-17-23)29(33)27-24(21-12-6-3-7-13-21)18-19-25(28(27)30(31)34)22-14-8-4-9-15-22/h3-19H,2,20H2,1H3. The zero-order valence-corrected chi connectivity index (χ0v) is 19.4. The summed E-state index contributed by atoms with van der Waals surface area (Å²) in [6.07, 6.45) is -0.348. The third kappa shape index (κ3) is 3.68. The SMILES string of the molecule is CCOC(=O)CC1(c2ccccc2)C(=O)c2c(-c3ccccc3)ccc(-c3ccccc3)c2C1=O. The van der Waals surface area contributed by atoms with Gasteiger partial charge < -0.3 is 4.74 Å². The summed E-state index contributed by atoms with van der Waals surface area (Å²) in [5.74, 6) is -1.31. The largest absolute Gasteiger partial charge is 0.466 e. The first-order chi connectivity index (χ1) is 17.1. The lowest BCUT2D eigenvalue weighted by Crippen LogP contribution is -2.41. The van der Waals surface area contributed by atoms with Crippen LogP contribution in [0.4, 0.5) is 0 Å². The van der Waals surface area contributed by atoms with Crippen molar-refractivity contribution in [1.82, 2.24) is 0 Å². The first-order valence-corrected chi connectivity index (χ1v) is 11.7. The number of fused-ring (bicyclic) bond motifs is 1. The maximum absolute atomic E-state index is 14.4. The molecule has 0 radical (unpaired) electrons. The molecule has 4 heteroatoms. The van der Waals surface area contributed by atoms with E-state index in [9.17, 15) is 14.4 Å². The van der Waals surface area contributed by atoms with E-state index in [2.05, 4.69) is 0 Å². The maximum atomic E-state index is 14.4. The van der Waals surface area contributed by atoms with Gasteiger partial charge in [0, 0.05) is 11.1 Å². The molecule has 1 aliphatic rings. The molecule has 0 saturated heterocycles. The summed E-state index contributed by atoms with van der Waals surface area (Å²) in [4.78, 5) is 41.6. The van der Waals surface area contributed by atoms with Crippen molar-refractivity contribution < 1.29 is 19.1 Å². The highest BCUT2D eigenvalue weighted by molar-refractivity contribution is 6.37. The molecule has 0 N–H and O–H groups in total. The van der Waals surface area contributed by atoms with Crippen LogP contribution in [-0.4, -0.2) is 24.1 Å². The predicted molar refractivity (Wildman–Crippen MR) is 135 cm³/mol. The molecular weight excluding hydrogens is 436 g/mol. The number of carbonyl (C=O) groups excluding carboxylic acids is 3. The third-order valence-corrected chi connectivity index (χ3v) is 6.59. The van der Waals surface area contributed by atoms with Crippen LogP contribution in [0.5, 0.6) is 0 Å². The van der Waals surface area contributed by atoms with Gasteiger partial charge in [-0.05, 0) is 34.7 Å². The van der Waals surface area contributed by atoms with E-state index in [1.807, 2.05) is 78.9 Å². The Bertz CT molecular complexity index is 1330. The fourth-order valence-corrected chi connectivity index (χ4v) is 5.00. The van der Waals surface area contributed by atoms with Crippen molar-refractivity contribution in [3.63, 3.8) is 0 Å². The number of esters is 1. The molecule has 0 spiro atoms. The summed E-state index contributed by atoms with van der Waals surface area (Å²) in [6.45, 7) is 1.88. The molecule has 0 heterocycles. The van der Waals surface area contributed by atoms with Crippen molar-refractivity contribution in [1.29, 1.82) is 0 Å². The van der Waals surface area contributed by atoms with E-state index >= 15 is 0 Å². The van der Waals surface area contributed by atoms with Crippen molar-refractivity contribution in [3.05, 3.63) is 120 Å². The minimum absolute atomic E-state index is 0.170. The van der Waals surface area contributed by atoms with E-state index in [0.29, 0.717) is 27.8 Å². The molecule has 5 rings (SSSR count). The summed E-state index contributed by atoms with van der Waals surface area (Å²) in [5, 5.41) is 0. The molecule has 0 atom stereocenters. The first-order valence-electron chi connectivity index (χ1n) is 11.7. The Labute approximate surface area is 204 Å². The summed E-state index contributed by atoms with van der Waals surface area (Å²) in [7, 11) is 0. The molecule has 4 nitrogen and oxygen atoms in total.